The van der Waals surface area contributed by atoms with Gasteiger partial charge in [-0.1, -0.05) is 0 Å². The van der Waals surface area contributed by atoms with Gasteiger partial charge in [-0.25, -0.2) is 0 Å². The van der Waals surface area contributed by atoms with Gasteiger partial charge in [0.05, 0.1) is 0 Å². The van der Waals surface area contributed by atoms with Gasteiger partial charge in [-0.15, -0.1) is 0 Å². The van der Waals surface area contributed by atoms with E-state index in [2.05, 4.69) is 40.9 Å². The van der Waals surface area contributed by atoms with Gasteiger partial charge in [0.25, 0.3) is 0 Å². The summed E-state index contributed by atoms with van der Waals surface area (Å²) in [5.74, 6) is -4.34. The minimum atomic E-state index is -5.37. The molecule has 0 amide bonds. The maximum atomic E-state index is 12.4. The minimum absolute atomic E-state index is 0.0187. The summed E-state index contributed by atoms with van der Waals surface area (Å²) in [4.78, 5) is 70.0. The predicted molar refractivity (Wildman–Crippen MR) is 156 cm³/mol. The number of aliphatic hydroxyl groups is 1. The number of furan rings is 1. The fourth-order valence-electron chi connectivity index (χ4n) is 4.97. The molecule has 7 rings (SSSR count). The monoisotopic (exact) mass is 702 g/mol. The molecule has 0 aromatic carbocycles. The molecule has 3 aromatic rings. The number of nitrogens with one attached hydrogen (secondary N) is 4. The summed E-state index contributed by atoms with van der Waals surface area (Å²) in [5.41, 5.74) is 14.1. The molecule has 252 valence electrons. The first-order chi connectivity index (χ1) is 22.4. The van der Waals surface area contributed by atoms with Crippen molar-refractivity contribution >= 4 is 45.2 Å². The number of hydrogen-bond donors (Lipinski definition) is 11. The number of hydrogen-bond acceptors (Lipinski definition) is 21. The Labute approximate surface area is 259 Å². The number of nitrogen functional groups attached to an aromatic ring is 1. The summed E-state index contributed by atoms with van der Waals surface area (Å²) in [6, 6.07) is -1.69. The number of nitrogens with two attached hydrogens (primary N) is 1. The van der Waals surface area contributed by atoms with E-state index >= 15 is 0 Å². The molecule has 0 spiro atoms. The molecule has 25 nitrogen and oxygen atoms in total. The average Bonchev–Trinajstić information content (AvgIpc) is 3.76. The number of azide groups is 1. The first-order valence-electron chi connectivity index (χ1n) is 13.1. The van der Waals surface area contributed by atoms with E-state index in [1.54, 1.807) is 0 Å². The van der Waals surface area contributed by atoms with Crippen LogP contribution in [0.4, 0.5) is 11.8 Å². The van der Waals surface area contributed by atoms with Crippen molar-refractivity contribution in [1.29, 1.82) is 0 Å². The third-order valence-electron chi connectivity index (χ3n) is 6.94. The molecule has 2 atom stereocenters. The van der Waals surface area contributed by atoms with E-state index in [0.717, 1.165) is 10.9 Å². The van der Waals surface area contributed by atoms with E-state index in [0.29, 0.717) is 12.0 Å². The van der Waals surface area contributed by atoms with Crippen LogP contribution in [0, 0.1) is 0 Å². The van der Waals surface area contributed by atoms with E-state index in [4.69, 9.17) is 33.0 Å². The number of aromatic hydroxyl groups is 1. The average molecular weight is 702 g/mol. The number of anilines is 2. The molecule has 2 bridgehead atoms. The molecule has 47 heavy (non-hydrogen) atoms. The number of aromatic nitrogens is 4. The first kappa shape index (κ1) is 30.4. The fourth-order valence-corrected chi connectivity index (χ4v) is 6.63. The number of fused-ring (bicyclic) bond motifs is 5. The molecule has 4 aliphatic heterocycles. The van der Waals surface area contributed by atoms with Crippen LogP contribution in [0.15, 0.2) is 50.0 Å². The van der Waals surface area contributed by atoms with E-state index in [1.807, 2.05) is 0 Å². The molecule has 7 heterocycles. The molecule has 0 saturated carbocycles. The quantitative estimate of drug-likeness (QED) is 0.0652. The molecular formula is C20H24N12O13P2. The summed E-state index contributed by atoms with van der Waals surface area (Å²) in [7, 11) is -10.7. The normalized spacial score (nSPS) is 25.7. The van der Waals surface area contributed by atoms with Gasteiger partial charge >= 0.3 is 259 Å². The van der Waals surface area contributed by atoms with E-state index < -0.39 is 75.4 Å². The second-order valence-electron chi connectivity index (χ2n) is 9.88. The molecule has 12 N–H and O–H groups in total. The van der Waals surface area contributed by atoms with Gasteiger partial charge in [0.15, 0.2) is 0 Å². The Morgan fingerprint density at radius 3 is 2.77 bits per heavy atom. The first-order valence-corrected chi connectivity index (χ1v) is 16.5. The number of ether oxygens (including phenoxy) is 1. The number of nitrogens with zero attached hydrogens (tertiary/aromatic N) is 7. The number of imidazole rings is 1. The zero-order valence-electron chi connectivity index (χ0n) is 23.2. The number of H-pyrrole nitrogens is 1. The molecule has 4 aliphatic rings. The van der Waals surface area contributed by atoms with Crippen molar-refractivity contribution in [2.75, 3.05) is 24.0 Å². The maximum absolute atomic E-state index is 12.4. The van der Waals surface area contributed by atoms with Gasteiger partial charge < -0.3 is 0 Å². The van der Waals surface area contributed by atoms with Gasteiger partial charge in [0, 0.05) is 0 Å². The second kappa shape index (κ2) is 10.9. The Balaban J connectivity index is 1.31. The van der Waals surface area contributed by atoms with Crippen LogP contribution >= 0.6 is 16.3 Å². The third kappa shape index (κ3) is 5.28. The van der Waals surface area contributed by atoms with Gasteiger partial charge in [-0.2, -0.15) is 0 Å². The van der Waals surface area contributed by atoms with Crippen molar-refractivity contribution in [2.45, 2.75) is 18.8 Å². The molecule has 1 unspecified atom stereocenters. The summed E-state index contributed by atoms with van der Waals surface area (Å²) in [6.07, 6.45) is 0.886. The van der Waals surface area contributed by atoms with Gasteiger partial charge in [0.1, 0.15) is 0 Å². The van der Waals surface area contributed by atoms with E-state index in [-0.39, 0.29) is 42.2 Å². The van der Waals surface area contributed by atoms with Crippen LogP contribution in [0.5, 0.6) is 11.5 Å². The Morgan fingerprint density at radius 1 is 1.17 bits per heavy atom. The van der Waals surface area contributed by atoms with Crippen LogP contribution in [-0.2, 0) is 24.9 Å². The van der Waals surface area contributed by atoms with Gasteiger partial charge in [-0.3, -0.25) is 0 Å². The molecule has 0 radical (unpaired) electrons. The van der Waals surface area contributed by atoms with Crippen LogP contribution in [0.3, 0.4) is 0 Å². The summed E-state index contributed by atoms with van der Waals surface area (Å²) < 4.78 is 33.5. The van der Waals surface area contributed by atoms with Crippen LogP contribution < -0.4 is 36.7 Å². The fraction of sp³-hybridized carbons (Fsp3) is 0.250. The molecule has 1 saturated heterocycles. The van der Waals surface area contributed by atoms with Crippen molar-refractivity contribution < 1.29 is 57.0 Å². The van der Waals surface area contributed by atoms with Gasteiger partial charge in [0.2, 0.25) is 0 Å². The number of aliphatic hydroxyl groups excluding tert-OH is 1. The van der Waals surface area contributed by atoms with Crippen LogP contribution in [0.2, 0.25) is 0 Å². The van der Waals surface area contributed by atoms with Crippen molar-refractivity contribution in [3.05, 3.63) is 62.2 Å². The molecule has 1 fully saturated rings. The van der Waals surface area contributed by atoms with E-state index in [9.17, 15) is 40.1 Å². The zero-order chi connectivity index (χ0) is 33.2. The Bertz CT molecular complexity index is 2000. The molecular weight excluding hydrogens is 678 g/mol. The van der Waals surface area contributed by atoms with Gasteiger partial charge in [-0.05, 0) is 0 Å². The second-order valence-corrected chi connectivity index (χ2v) is 13.0. The summed E-state index contributed by atoms with van der Waals surface area (Å²) >= 11 is 0. The van der Waals surface area contributed by atoms with Crippen molar-refractivity contribution in [2.24, 2.45) is 5.11 Å². The van der Waals surface area contributed by atoms with Crippen molar-refractivity contribution in [3.8, 4) is 11.5 Å². The Kier molecular flexibility index (Phi) is 7.09. The van der Waals surface area contributed by atoms with E-state index in [1.165, 1.54) is 4.90 Å². The SMILES string of the molecule is [N-]=[N+]=N[C@H]1C2=C(n3cnc4c(=O)[nH]c(N)nc43)O/C1=C/O[PH](O)(O)Oc1c(oc(N3CNC4=C(O)NCNC43)c1O)CO[PH](O)(O)O2. The zero-order valence-corrected chi connectivity index (χ0v) is 25.2. The van der Waals surface area contributed by atoms with Crippen molar-refractivity contribution in [1.82, 2.24) is 35.5 Å². The van der Waals surface area contributed by atoms with Crippen molar-refractivity contribution in [3.63, 3.8) is 0 Å². The summed E-state index contributed by atoms with van der Waals surface area (Å²) in [6.45, 7) is -0.801. The molecule has 3 aromatic heterocycles. The number of rotatable bonds is 3. The Hall–Kier alpha value is -5.22. The Morgan fingerprint density at radius 2 is 1.98 bits per heavy atom. The van der Waals surface area contributed by atoms with Crippen LogP contribution in [0.1, 0.15) is 5.76 Å². The predicted octanol–water partition coefficient (Wildman–Crippen LogP) is -1.32. The molecule has 27 heteroatoms. The topological polar surface area (TPSA) is 358 Å². The summed E-state index contributed by atoms with van der Waals surface area (Å²) in [5, 5.41) is 33.4. The molecule has 0 aliphatic carbocycles. The van der Waals surface area contributed by atoms with Crippen LogP contribution in [0.25, 0.3) is 27.5 Å². The third-order valence-corrected chi connectivity index (χ3v) is 8.84. The number of aromatic amines is 1. The standard InChI is InChI=1S/C20H24N12O13P2/c21-20-27-15-10(17(35)28-20)26-5-32(15)19-13-8(29-30-22)6(42-19)1-40-46(36,37)44-12-7(2-41-47(38,39)45-13)43-18(11(12)33)31-4-25-9-14(31)23-3-24-16(9)34/h1,5,8,14,23-25,33-34,36-39,46-47H,2-4H2,(H3,21,27,28,35)/b6-1+/t8-,14?/m1/s1. The van der Waals surface area contributed by atoms with Crippen LogP contribution in [-0.4, -0.2) is 74.9 Å².